The highest BCUT2D eigenvalue weighted by Gasteiger charge is 2.14. The maximum atomic E-state index is 5.85. The zero-order valence-corrected chi connectivity index (χ0v) is 12.4. The second-order valence-corrected chi connectivity index (χ2v) is 4.27. The molecule has 1 aromatic carbocycles. The van der Waals surface area contributed by atoms with Gasteiger partial charge in [-0.3, -0.25) is 0 Å². The standard InChI is InChI=1S/C15H19N3O3/c1-4-21-9-14-17-11(8-13(16)18-14)10-6-5-7-12(19-2)15(10)20-3/h5-8H,4,9H2,1-3H3,(H2,16,17,18). The third-order valence-electron chi connectivity index (χ3n) is 2.91. The lowest BCUT2D eigenvalue weighted by atomic mass is 10.1. The molecule has 112 valence electrons. The van der Waals surface area contributed by atoms with Gasteiger partial charge in [0, 0.05) is 18.2 Å². The van der Waals surface area contributed by atoms with E-state index in [0.29, 0.717) is 42.0 Å². The normalized spacial score (nSPS) is 10.4. The number of benzene rings is 1. The summed E-state index contributed by atoms with van der Waals surface area (Å²) >= 11 is 0. The number of para-hydroxylation sites is 1. The lowest BCUT2D eigenvalue weighted by Gasteiger charge is -2.13. The molecule has 2 rings (SSSR count). The molecule has 6 nitrogen and oxygen atoms in total. The Labute approximate surface area is 123 Å². The van der Waals surface area contributed by atoms with Gasteiger partial charge in [-0.1, -0.05) is 6.07 Å². The van der Waals surface area contributed by atoms with Crippen LogP contribution in [0.2, 0.25) is 0 Å². The number of aromatic nitrogens is 2. The summed E-state index contributed by atoms with van der Waals surface area (Å²) in [5.74, 6) is 2.18. The number of nitrogens with two attached hydrogens (primary N) is 1. The number of ether oxygens (including phenoxy) is 3. The van der Waals surface area contributed by atoms with Crippen molar-refractivity contribution in [1.29, 1.82) is 0 Å². The Hall–Kier alpha value is -2.34. The first kappa shape index (κ1) is 15.1. The van der Waals surface area contributed by atoms with E-state index in [9.17, 15) is 0 Å². The number of hydrogen-bond donors (Lipinski definition) is 1. The SMILES string of the molecule is CCOCc1nc(N)cc(-c2cccc(OC)c2OC)n1. The molecule has 0 aliphatic carbocycles. The second-order valence-electron chi connectivity index (χ2n) is 4.27. The van der Waals surface area contributed by atoms with Gasteiger partial charge in [-0.05, 0) is 19.1 Å². The number of nitrogens with zero attached hydrogens (tertiary/aromatic N) is 2. The number of rotatable bonds is 6. The van der Waals surface area contributed by atoms with Gasteiger partial charge < -0.3 is 19.9 Å². The molecule has 0 bridgehead atoms. The fourth-order valence-electron chi connectivity index (χ4n) is 2.00. The lowest BCUT2D eigenvalue weighted by Crippen LogP contribution is -2.04. The topological polar surface area (TPSA) is 79.5 Å². The number of nitrogen functional groups attached to an aromatic ring is 1. The van der Waals surface area contributed by atoms with E-state index in [0.717, 1.165) is 5.56 Å². The van der Waals surface area contributed by atoms with E-state index in [2.05, 4.69) is 9.97 Å². The van der Waals surface area contributed by atoms with Crippen molar-refractivity contribution >= 4 is 5.82 Å². The summed E-state index contributed by atoms with van der Waals surface area (Å²) in [6, 6.07) is 7.30. The van der Waals surface area contributed by atoms with E-state index >= 15 is 0 Å². The summed E-state index contributed by atoms with van der Waals surface area (Å²) in [5.41, 5.74) is 7.32. The van der Waals surface area contributed by atoms with Gasteiger partial charge in [-0.15, -0.1) is 0 Å². The van der Waals surface area contributed by atoms with Crippen molar-refractivity contribution in [2.45, 2.75) is 13.5 Å². The first-order valence-corrected chi connectivity index (χ1v) is 6.62. The van der Waals surface area contributed by atoms with Crippen LogP contribution in [-0.2, 0) is 11.3 Å². The van der Waals surface area contributed by atoms with Gasteiger partial charge in [0.1, 0.15) is 12.4 Å². The van der Waals surface area contributed by atoms with Gasteiger partial charge in [0.15, 0.2) is 17.3 Å². The van der Waals surface area contributed by atoms with Gasteiger partial charge in [0.05, 0.1) is 19.9 Å². The average molecular weight is 289 g/mol. The molecule has 0 amide bonds. The van der Waals surface area contributed by atoms with Crippen LogP contribution >= 0.6 is 0 Å². The molecule has 0 aliphatic rings. The van der Waals surface area contributed by atoms with Crippen molar-refractivity contribution < 1.29 is 14.2 Å². The Morgan fingerprint density at radius 3 is 2.62 bits per heavy atom. The zero-order chi connectivity index (χ0) is 15.2. The van der Waals surface area contributed by atoms with E-state index in [1.807, 2.05) is 25.1 Å². The molecule has 1 aromatic heterocycles. The highest BCUT2D eigenvalue weighted by molar-refractivity contribution is 5.72. The molecular weight excluding hydrogens is 270 g/mol. The van der Waals surface area contributed by atoms with Crippen molar-refractivity contribution in [1.82, 2.24) is 9.97 Å². The molecule has 0 saturated heterocycles. The van der Waals surface area contributed by atoms with Crippen LogP contribution in [-0.4, -0.2) is 30.8 Å². The smallest absolute Gasteiger partial charge is 0.170 e. The minimum Gasteiger partial charge on any atom is -0.493 e. The first-order valence-electron chi connectivity index (χ1n) is 6.62. The Morgan fingerprint density at radius 2 is 1.95 bits per heavy atom. The number of methoxy groups -OCH3 is 2. The number of anilines is 1. The van der Waals surface area contributed by atoms with Gasteiger partial charge >= 0.3 is 0 Å². The van der Waals surface area contributed by atoms with Crippen molar-refractivity contribution in [2.24, 2.45) is 0 Å². The van der Waals surface area contributed by atoms with Gasteiger partial charge in [-0.2, -0.15) is 0 Å². The van der Waals surface area contributed by atoms with Crippen molar-refractivity contribution in [3.63, 3.8) is 0 Å². The lowest BCUT2D eigenvalue weighted by molar-refractivity contribution is 0.128. The van der Waals surface area contributed by atoms with Crippen LogP contribution in [0.4, 0.5) is 5.82 Å². The molecule has 1 heterocycles. The predicted octanol–water partition coefficient (Wildman–Crippen LogP) is 2.28. The maximum Gasteiger partial charge on any atom is 0.170 e. The fraction of sp³-hybridized carbons (Fsp3) is 0.333. The first-order chi connectivity index (χ1) is 10.2. The van der Waals surface area contributed by atoms with Crippen molar-refractivity contribution in [3.05, 3.63) is 30.1 Å². The molecule has 21 heavy (non-hydrogen) atoms. The molecule has 0 atom stereocenters. The largest absolute Gasteiger partial charge is 0.493 e. The zero-order valence-electron chi connectivity index (χ0n) is 12.4. The molecule has 6 heteroatoms. The third-order valence-corrected chi connectivity index (χ3v) is 2.91. The summed E-state index contributed by atoms with van der Waals surface area (Å²) in [6.45, 7) is 2.83. The molecule has 2 aromatic rings. The Morgan fingerprint density at radius 1 is 1.14 bits per heavy atom. The van der Waals surface area contributed by atoms with E-state index in [-0.39, 0.29) is 0 Å². The van der Waals surface area contributed by atoms with Gasteiger partial charge in [0.2, 0.25) is 0 Å². The highest BCUT2D eigenvalue weighted by Crippen LogP contribution is 2.37. The van der Waals surface area contributed by atoms with E-state index in [1.54, 1.807) is 20.3 Å². The van der Waals surface area contributed by atoms with Crippen LogP contribution in [0, 0.1) is 0 Å². The Balaban J connectivity index is 2.48. The van der Waals surface area contributed by atoms with Crippen LogP contribution in [0.15, 0.2) is 24.3 Å². The summed E-state index contributed by atoms with van der Waals surface area (Å²) in [5, 5.41) is 0. The molecule has 0 unspecified atom stereocenters. The molecule has 0 aliphatic heterocycles. The van der Waals surface area contributed by atoms with Crippen molar-refractivity contribution in [2.75, 3.05) is 26.6 Å². The fourth-order valence-corrected chi connectivity index (χ4v) is 2.00. The van der Waals surface area contributed by atoms with Crippen LogP contribution in [0.3, 0.4) is 0 Å². The van der Waals surface area contributed by atoms with E-state index < -0.39 is 0 Å². The van der Waals surface area contributed by atoms with Crippen LogP contribution in [0.1, 0.15) is 12.7 Å². The summed E-state index contributed by atoms with van der Waals surface area (Å²) in [4.78, 5) is 8.64. The van der Waals surface area contributed by atoms with E-state index in [1.165, 1.54) is 0 Å². The average Bonchev–Trinajstić information content (AvgIpc) is 2.51. The minimum absolute atomic E-state index is 0.320. The monoisotopic (exact) mass is 289 g/mol. The van der Waals surface area contributed by atoms with Crippen molar-refractivity contribution in [3.8, 4) is 22.8 Å². The molecular formula is C15H19N3O3. The Bertz CT molecular complexity index is 617. The van der Waals surface area contributed by atoms with Crippen LogP contribution < -0.4 is 15.2 Å². The summed E-state index contributed by atoms with van der Waals surface area (Å²) in [6.07, 6.45) is 0. The van der Waals surface area contributed by atoms with Gasteiger partial charge in [0.25, 0.3) is 0 Å². The molecule has 0 radical (unpaired) electrons. The minimum atomic E-state index is 0.320. The maximum absolute atomic E-state index is 5.85. The van der Waals surface area contributed by atoms with Gasteiger partial charge in [-0.25, -0.2) is 9.97 Å². The quantitative estimate of drug-likeness (QED) is 0.878. The van der Waals surface area contributed by atoms with E-state index in [4.69, 9.17) is 19.9 Å². The summed E-state index contributed by atoms with van der Waals surface area (Å²) < 4.78 is 16.1. The molecule has 0 spiro atoms. The molecule has 0 fully saturated rings. The molecule has 0 saturated carbocycles. The second kappa shape index (κ2) is 6.90. The van der Waals surface area contributed by atoms with Crippen LogP contribution in [0.5, 0.6) is 11.5 Å². The van der Waals surface area contributed by atoms with Crippen LogP contribution in [0.25, 0.3) is 11.3 Å². The summed E-state index contributed by atoms with van der Waals surface area (Å²) in [7, 11) is 3.18. The predicted molar refractivity (Wildman–Crippen MR) is 80.3 cm³/mol. The molecule has 2 N–H and O–H groups in total. The number of hydrogen-bond acceptors (Lipinski definition) is 6. The third kappa shape index (κ3) is 3.41. The highest BCUT2D eigenvalue weighted by atomic mass is 16.5. The Kier molecular flexibility index (Phi) is 4.94.